The van der Waals surface area contributed by atoms with Gasteiger partial charge >= 0.3 is 0 Å². The van der Waals surface area contributed by atoms with Crippen LogP contribution in [0.1, 0.15) is 35.7 Å². The van der Waals surface area contributed by atoms with Gasteiger partial charge in [0.05, 0.1) is 5.39 Å². The highest BCUT2D eigenvalue weighted by Crippen LogP contribution is 2.25. The Morgan fingerprint density at radius 2 is 1.95 bits per heavy atom. The standard InChI is InChI=1S/C17H16N2O2S/c1-11(2)12-3-5-13(6-4-12)15(20)9-21-16-14-7-8-22-17(14)19-10-18-16/h3-8,10-11H,9H2,1-2H3. The van der Waals surface area contributed by atoms with Crippen molar-refractivity contribution < 1.29 is 9.53 Å². The second-order valence-electron chi connectivity index (χ2n) is 5.31. The second kappa shape index (κ2) is 6.23. The minimum atomic E-state index is -0.0581. The Hall–Kier alpha value is -2.27. The predicted molar refractivity (Wildman–Crippen MR) is 87.8 cm³/mol. The summed E-state index contributed by atoms with van der Waals surface area (Å²) in [6, 6.07) is 9.57. The minimum Gasteiger partial charge on any atom is -0.469 e. The molecule has 0 radical (unpaired) electrons. The van der Waals surface area contributed by atoms with Crippen LogP contribution in [-0.4, -0.2) is 22.4 Å². The zero-order chi connectivity index (χ0) is 15.5. The zero-order valence-electron chi connectivity index (χ0n) is 12.4. The van der Waals surface area contributed by atoms with Crippen LogP contribution < -0.4 is 4.74 Å². The first-order valence-corrected chi connectivity index (χ1v) is 7.97. The normalized spacial score (nSPS) is 11.0. The molecule has 0 saturated heterocycles. The molecule has 1 aromatic carbocycles. The Morgan fingerprint density at radius 1 is 1.18 bits per heavy atom. The molecule has 0 N–H and O–H groups in total. The number of nitrogens with zero attached hydrogens (tertiary/aromatic N) is 2. The molecule has 0 atom stereocenters. The van der Waals surface area contributed by atoms with Gasteiger partial charge in [0.2, 0.25) is 5.88 Å². The fraction of sp³-hybridized carbons (Fsp3) is 0.235. The van der Waals surface area contributed by atoms with Gasteiger partial charge in [0.15, 0.2) is 12.4 Å². The van der Waals surface area contributed by atoms with Crippen LogP contribution in [0.25, 0.3) is 10.2 Å². The molecule has 2 heterocycles. The maximum Gasteiger partial charge on any atom is 0.225 e. The SMILES string of the molecule is CC(C)c1ccc(C(=O)COc2ncnc3sccc23)cc1. The second-order valence-corrected chi connectivity index (χ2v) is 6.20. The molecule has 0 aliphatic rings. The van der Waals surface area contributed by atoms with Crippen LogP contribution in [0.3, 0.4) is 0 Å². The Balaban J connectivity index is 1.71. The number of ketones is 1. The maximum absolute atomic E-state index is 12.2. The average molecular weight is 312 g/mol. The molecule has 0 saturated carbocycles. The summed E-state index contributed by atoms with van der Waals surface area (Å²) in [5.41, 5.74) is 1.87. The summed E-state index contributed by atoms with van der Waals surface area (Å²) in [7, 11) is 0. The lowest BCUT2D eigenvalue weighted by molar-refractivity contribution is 0.0919. The number of Topliss-reactive ketones (excluding diaryl/α,β-unsaturated/α-hetero) is 1. The number of ether oxygens (including phenoxy) is 1. The van der Waals surface area contributed by atoms with E-state index in [1.54, 1.807) is 0 Å². The molecule has 0 fully saturated rings. The van der Waals surface area contributed by atoms with Crippen LogP contribution >= 0.6 is 11.3 Å². The first-order chi connectivity index (χ1) is 10.6. The highest BCUT2D eigenvalue weighted by atomic mass is 32.1. The number of benzene rings is 1. The molecular formula is C17H16N2O2S. The van der Waals surface area contributed by atoms with E-state index in [2.05, 4.69) is 23.8 Å². The number of hydrogen-bond acceptors (Lipinski definition) is 5. The molecule has 5 heteroatoms. The van der Waals surface area contributed by atoms with Crippen molar-refractivity contribution in [3.63, 3.8) is 0 Å². The lowest BCUT2D eigenvalue weighted by Crippen LogP contribution is -2.12. The third-order valence-corrected chi connectivity index (χ3v) is 4.29. The van der Waals surface area contributed by atoms with Gasteiger partial charge < -0.3 is 4.74 Å². The third-order valence-electron chi connectivity index (χ3n) is 3.46. The van der Waals surface area contributed by atoms with E-state index in [9.17, 15) is 4.79 Å². The minimum absolute atomic E-state index is 0.0248. The molecule has 112 valence electrons. The fourth-order valence-electron chi connectivity index (χ4n) is 2.15. The third kappa shape index (κ3) is 2.99. The Morgan fingerprint density at radius 3 is 2.68 bits per heavy atom. The summed E-state index contributed by atoms with van der Waals surface area (Å²) < 4.78 is 5.58. The van der Waals surface area contributed by atoms with Crippen molar-refractivity contribution in [1.82, 2.24) is 9.97 Å². The number of fused-ring (bicyclic) bond motifs is 1. The van der Waals surface area contributed by atoms with Crippen LogP contribution in [0.15, 0.2) is 42.0 Å². The van der Waals surface area contributed by atoms with Gasteiger partial charge in [-0.05, 0) is 22.9 Å². The van der Waals surface area contributed by atoms with Gasteiger partial charge in [-0.25, -0.2) is 9.97 Å². The maximum atomic E-state index is 12.2. The quantitative estimate of drug-likeness (QED) is 0.666. The summed E-state index contributed by atoms with van der Waals surface area (Å²) in [4.78, 5) is 21.3. The first-order valence-electron chi connectivity index (χ1n) is 7.09. The van der Waals surface area contributed by atoms with Crippen molar-refractivity contribution >= 4 is 27.3 Å². The Kier molecular flexibility index (Phi) is 4.15. The molecule has 0 amide bonds. The summed E-state index contributed by atoms with van der Waals surface area (Å²) >= 11 is 1.52. The van der Waals surface area contributed by atoms with E-state index >= 15 is 0 Å². The fourth-order valence-corrected chi connectivity index (χ4v) is 2.88. The van der Waals surface area contributed by atoms with Crippen molar-refractivity contribution in [3.8, 4) is 5.88 Å². The van der Waals surface area contributed by atoms with Crippen molar-refractivity contribution in [3.05, 3.63) is 53.2 Å². The summed E-state index contributed by atoms with van der Waals surface area (Å²) in [5.74, 6) is 0.851. The number of carbonyl (C=O) groups excluding carboxylic acids is 1. The molecule has 2 aromatic heterocycles. The highest BCUT2D eigenvalue weighted by molar-refractivity contribution is 7.16. The van der Waals surface area contributed by atoms with E-state index in [0.29, 0.717) is 17.4 Å². The highest BCUT2D eigenvalue weighted by Gasteiger charge is 2.11. The van der Waals surface area contributed by atoms with Gasteiger partial charge in [0, 0.05) is 5.56 Å². The van der Waals surface area contributed by atoms with Crippen molar-refractivity contribution in [2.45, 2.75) is 19.8 Å². The van der Waals surface area contributed by atoms with Gasteiger partial charge in [-0.3, -0.25) is 4.79 Å². The lowest BCUT2D eigenvalue weighted by Gasteiger charge is -2.07. The number of aromatic nitrogens is 2. The number of rotatable bonds is 5. The van der Waals surface area contributed by atoms with Gasteiger partial charge in [-0.1, -0.05) is 38.1 Å². The summed E-state index contributed by atoms with van der Waals surface area (Å²) in [6.07, 6.45) is 1.45. The molecule has 0 aliphatic heterocycles. The number of thiophene rings is 1. The molecule has 4 nitrogen and oxygen atoms in total. The lowest BCUT2D eigenvalue weighted by atomic mass is 10.0. The van der Waals surface area contributed by atoms with E-state index in [-0.39, 0.29) is 12.4 Å². The Labute approximate surface area is 132 Å². The summed E-state index contributed by atoms with van der Waals surface area (Å²) in [6.45, 7) is 4.23. The van der Waals surface area contributed by atoms with Gasteiger partial charge in [-0.2, -0.15) is 0 Å². The molecule has 3 aromatic rings. The predicted octanol–water partition coefficient (Wildman–Crippen LogP) is 4.08. The molecule has 0 unspecified atom stereocenters. The van der Waals surface area contributed by atoms with Gasteiger partial charge in [-0.15, -0.1) is 11.3 Å². The van der Waals surface area contributed by atoms with E-state index in [1.807, 2.05) is 35.7 Å². The zero-order valence-corrected chi connectivity index (χ0v) is 13.3. The van der Waals surface area contributed by atoms with E-state index in [1.165, 1.54) is 23.2 Å². The van der Waals surface area contributed by atoms with Crippen LogP contribution in [0.5, 0.6) is 5.88 Å². The molecule has 0 aliphatic carbocycles. The van der Waals surface area contributed by atoms with E-state index in [0.717, 1.165) is 10.2 Å². The van der Waals surface area contributed by atoms with Crippen molar-refractivity contribution in [1.29, 1.82) is 0 Å². The van der Waals surface area contributed by atoms with Crippen molar-refractivity contribution in [2.24, 2.45) is 0 Å². The van der Waals surface area contributed by atoms with Gasteiger partial charge in [0.1, 0.15) is 11.2 Å². The van der Waals surface area contributed by atoms with Gasteiger partial charge in [0.25, 0.3) is 0 Å². The smallest absolute Gasteiger partial charge is 0.225 e. The molecule has 22 heavy (non-hydrogen) atoms. The van der Waals surface area contributed by atoms with Crippen LogP contribution in [-0.2, 0) is 0 Å². The average Bonchev–Trinajstić information content (AvgIpc) is 3.01. The number of hydrogen-bond donors (Lipinski definition) is 0. The van der Waals surface area contributed by atoms with Crippen LogP contribution in [0.4, 0.5) is 0 Å². The largest absolute Gasteiger partial charge is 0.469 e. The van der Waals surface area contributed by atoms with Crippen LogP contribution in [0, 0.1) is 0 Å². The van der Waals surface area contributed by atoms with Crippen molar-refractivity contribution in [2.75, 3.05) is 6.61 Å². The van der Waals surface area contributed by atoms with Crippen LogP contribution in [0.2, 0.25) is 0 Å². The Bertz CT molecular complexity index is 794. The number of carbonyl (C=O) groups is 1. The molecule has 0 bridgehead atoms. The topological polar surface area (TPSA) is 52.1 Å². The molecule has 0 spiro atoms. The molecular weight excluding hydrogens is 296 g/mol. The summed E-state index contributed by atoms with van der Waals surface area (Å²) in [5, 5.41) is 2.77. The first kappa shape index (κ1) is 14.7. The van der Waals surface area contributed by atoms with E-state index in [4.69, 9.17) is 4.74 Å². The molecule has 3 rings (SSSR count). The monoisotopic (exact) mass is 312 g/mol. The van der Waals surface area contributed by atoms with E-state index < -0.39 is 0 Å².